The van der Waals surface area contributed by atoms with E-state index in [-0.39, 0.29) is 22.8 Å². The molecule has 1 amide bonds. The predicted molar refractivity (Wildman–Crippen MR) is 177 cm³/mol. The van der Waals surface area contributed by atoms with Crippen molar-refractivity contribution in [1.82, 2.24) is 29.5 Å². The number of anilines is 2. The molecule has 240 valence electrons. The smallest absolute Gasteiger partial charge is 0.410 e. The number of ether oxygens (including phenoxy) is 1. The lowest BCUT2D eigenvalue weighted by Gasteiger charge is -2.34. The van der Waals surface area contributed by atoms with Crippen molar-refractivity contribution in [2.45, 2.75) is 70.4 Å². The van der Waals surface area contributed by atoms with E-state index >= 15 is 0 Å². The number of carbonyl (C=O) groups is 1. The fourth-order valence-electron chi connectivity index (χ4n) is 5.75. The van der Waals surface area contributed by atoms with Crippen molar-refractivity contribution in [2.75, 3.05) is 23.1 Å². The molecular formula is C33H38N8O4S. The van der Waals surface area contributed by atoms with Crippen molar-refractivity contribution < 1.29 is 17.9 Å². The van der Waals surface area contributed by atoms with E-state index in [4.69, 9.17) is 9.72 Å². The monoisotopic (exact) mass is 642 g/mol. The third-order valence-corrected chi connectivity index (χ3v) is 9.41. The Morgan fingerprint density at radius 2 is 1.91 bits per heavy atom. The molecule has 1 aliphatic heterocycles. The van der Waals surface area contributed by atoms with Gasteiger partial charge in [-0.05, 0) is 88.4 Å². The van der Waals surface area contributed by atoms with E-state index in [1.165, 1.54) is 6.33 Å². The van der Waals surface area contributed by atoms with E-state index in [9.17, 15) is 13.2 Å². The molecule has 0 saturated carbocycles. The molecule has 2 N–H and O–H groups in total. The van der Waals surface area contributed by atoms with E-state index in [0.29, 0.717) is 30.1 Å². The summed E-state index contributed by atoms with van der Waals surface area (Å²) in [7, 11) is -3.86. The van der Waals surface area contributed by atoms with Gasteiger partial charge in [-0.2, -0.15) is 5.10 Å². The Balaban J connectivity index is 1.26. The largest absolute Gasteiger partial charge is 0.444 e. The van der Waals surface area contributed by atoms with E-state index in [0.717, 1.165) is 47.0 Å². The Morgan fingerprint density at radius 3 is 2.67 bits per heavy atom. The van der Waals surface area contributed by atoms with Crippen LogP contribution in [0.5, 0.6) is 0 Å². The number of hydrogen-bond donors (Lipinski definition) is 2. The molecule has 0 unspecified atom stereocenters. The minimum Gasteiger partial charge on any atom is -0.444 e. The highest BCUT2D eigenvalue weighted by atomic mass is 32.2. The van der Waals surface area contributed by atoms with Crippen molar-refractivity contribution in [3.8, 4) is 11.3 Å². The molecule has 5 aromatic rings. The number of nitrogens with zero attached hydrogens (tertiary/aromatic N) is 6. The number of benzene rings is 2. The number of nitrogens with one attached hydrogen (secondary N) is 2. The first-order valence-corrected chi connectivity index (χ1v) is 16.9. The van der Waals surface area contributed by atoms with Crippen LogP contribution in [0.25, 0.3) is 27.7 Å². The summed E-state index contributed by atoms with van der Waals surface area (Å²) in [6, 6.07) is 14.6. The van der Waals surface area contributed by atoms with Gasteiger partial charge in [-0.1, -0.05) is 25.1 Å². The second kappa shape index (κ2) is 12.2. The van der Waals surface area contributed by atoms with Gasteiger partial charge in [0.2, 0.25) is 5.95 Å². The first kappa shape index (κ1) is 31.2. The number of fused-ring (bicyclic) bond motifs is 2. The van der Waals surface area contributed by atoms with Crippen LogP contribution in [0.15, 0.2) is 66.0 Å². The molecule has 1 saturated heterocycles. The zero-order valence-corrected chi connectivity index (χ0v) is 27.4. The second-order valence-corrected chi connectivity index (χ2v) is 14.2. The van der Waals surface area contributed by atoms with Crippen LogP contribution in [0.4, 0.5) is 16.6 Å². The zero-order chi connectivity index (χ0) is 32.6. The number of sulfonamides is 1. The Bertz CT molecular complexity index is 2040. The predicted octanol–water partition coefficient (Wildman–Crippen LogP) is 5.82. The molecule has 1 fully saturated rings. The fraction of sp³-hybridized carbons (Fsp3) is 0.364. The standard InChI is InChI=1S/C33H38N8O4S/c1-6-22-16-23(26-13-14-27-30(35-20-36-41(26)27)39-46(43,44)28-12-8-7-10-21(28)2)17-24-18-34-31(38-29(22)24)37-25-11-9-15-40(19-25)32(42)45-33(3,4)5/h7-8,10,12-14,16-18,20,25H,6,9,11,15,19H2,1-5H3,(H,34,37,38)(H,35,36,39)/t25-/m0/s1. The molecule has 0 spiro atoms. The number of rotatable bonds is 7. The minimum atomic E-state index is -3.86. The Labute approximate surface area is 268 Å². The van der Waals surface area contributed by atoms with Crippen molar-refractivity contribution in [1.29, 1.82) is 0 Å². The lowest BCUT2D eigenvalue weighted by molar-refractivity contribution is 0.0206. The lowest BCUT2D eigenvalue weighted by Crippen LogP contribution is -2.47. The van der Waals surface area contributed by atoms with Crippen LogP contribution in [0.1, 0.15) is 51.7 Å². The molecule has 6 rings (SSSR count). The summed E-state index contributed by atoms with van der Waals surface area (Å²) in [5.41, 5.74) is 4.15. The summed E-state index contributed by atoms with van der Waals surface area (Å²) in [6.45, 7) is 10.6. The van der Waals surface area contributed by atoms with E-state index in [1.54, 1.807) is 52.9 Å². The molecule has 12 nitrogen and oxygen atoms in total. The molecule has 2 aromatic carbocycles. The molecule has 1 atom stereocenters. The van der Waals surface area contributed by atoms with Crippen LogP contribution < -0.4 is 10.0 Å². The minimum absolute atomic E-state index is 0.00672. The first-order valence-electron chi connectivity index (χ1n) is 15.4. The van der Waals surface area contributed by atoms with Crippen LogP contribution >= 0.6 is 0 Å². The molecule has 13 heteroatoms. The van der Waals surface area contributed by atoms with Crippen molar-refractivity contribution in [2.24, 2.45) is 0 Å². The van der Waals surface area contributed by atoms with Crippen LogP contribution in [-0.2, 0) is 21.2 Å². The zero-order valence-electron chi connectivity index (χ0n) is 26.6. The number of carbonyl (C=O) groups excluding carboxylic acids is 1. The van der Waals surface area contributed by atoms with Gasteiger partial charge in [0.05, 0.1) is 16.1 Å². The van der Waals surface area contributed by atoms with Gasteiger partial charge in [0.1, 0.15) is 17.4 Å². The topological polar surface area (TPSA) is 144 Å². The van der Waals surface area contributed by atoms with Crippen LogP contribution in [0.2, 0.25) is 0 Å². The van der Waals surface area contributed by atoms with Crippen LogP contribution in [0.3, 0.4) is 0 Å². The third-order valence-electron chi connectivity index (χ3n) is 7.91. The molecule has 1 aliphatic rings. The number of amides is 1. The summed E-state index contributed by atoms with van der Waals surface area (Å²) in [6.07, 6.45) is 5.32. The third kappa shape index (κ3) is 6.45. The Hall–Kier alpha value is -4.78. The number of aromatic nitrogens is 5. The second-order valence-electron chi connectivity index (χ2n) is 12.5. The molecule has 3 aromatic heterocycles. The number of likely N-dealkylation sites (tertiary alicyclic amines) is 1. The molecular weight excluding hydrogens is 604 g/mol. The van der Waals surface area contributed by atoms with Gasteiger partial charge in [0.25, 0.3) is 10.0 Å². The maximum Gasteiger partial charge on any atom is 0.410 e. The molecule has 0 bridgehead atoms. The lowest BCUT2D eigenvalue weighted by atomic mass is 10.0. The summed E-state index contributed by atoms with van der Waals surface area (Å²) in [5, 5.41) is 8.74. The summed E-state index contributed by atoms with van der Waals surface area (Å²) >= 11 is 0. The van der Waals surface area contributed by atoms with Gasteiger partial charge in [0, 0.05) is 36.3 Å². The fourth-order valence-corrected chi connectivity index (χ4v) is 7.02. The maximum absolute atomic E-state index is 13.2. The van der Waals surface area contributed by atoms with Gasteiger partial charge >= 0.3 is 6.09 Å². The summed E-state index contributed by atoms with van der Waals surface area (Å²) in [5.74, 6) is 0.699. The average Bonchev–Trinajstić information content (AvgIpc) is 3.45. The SMILES string of the molecule is CCc1cc(-c2ccc3c(NS(=O)(=O)c4ccccc4C)ncnn23)cc2cnc(N[C@H]3CCCN(C(=O)OC(C)(C)C)C3)nc12. The highest BCUT2D eigenvalue weighted by molar-refractivity contribution is 7.92. The van der Waals surface area contributed by atoms with E-state index < -0.39 is 15.6 Å². The van der Waals surface area contributed by atoms with Gasteiger partial charge in [-0.15, -0.1) is 0 Å². The van der Waals surface area contributed by atoms with E-state index in [1.807, 2.05) is 32.9 Å². The summed E-state index contributed by atoms with van der Waals surface area (Å²) < 4.78 is 36.3. The van der Waals surface area contributed by atoms with Gasteiger partial charge in [-0.3, -0.25) is 4.72 Å². The van der Waals surface area contributed by atoms with Crippen LogP contribution in [-0.4, -0.2) is 68.7 Å². The van der Waals surface area contributed by atoms with Gasteiger partial charge in [0.15, 0.2) is 5.82 Å². The summed E-state index contributed by atoms with van der Waals surface area (Å²) in [4.78, 5) is 28.3. The number of aryl methyl sites for hydroxylation is 2. The van der Waals surface area contributed by atoms with Crippen molar-refractivity contribution >= 4 is 44.3 Å². The first-order chi connectivity index (χ1) is 21.9. The molecule has 0 radical (unpaired) electrons. The molecule has 4 heterocycles. The Kier molecular flexibility index (Phi) is 8.28. The highest BCUT2D eigenvalue weighted by Gasteiger charge is 2.28. The molecule has 0 aliphatic carbocycles. The molecule has 46 heavy (non-hydrogen) atoms. The maximum atomic E-state index is 13.2. The van der Waals surface area contributed by atoms with Gasteiger partial charge in [-0.25, -0.2) is 32.7 Å². The average molecular weight is 643 g/mol. The van der Waals surface area contributed by atoms with Crippen molar-refractivity contribution in [3.05, 3.63) is 72.2 Å². The van der Waals surface area contributed by atoms with E-state index in [2.05, 4.69) is 38.1 Å². The van der Waals surface area contributed by atoms with Crippen LogP contribution in [0, 0.1) is 6.92 Å². The number of hydrogen-bond acceptors (Lipinski definition) is 9. The van der Waals surface area contributed by atoms with Gasteiger partial charge < -0.3 is 15.0 Å². The number of piperidine rings is 1. The quantitative estimate of drug-likeness (QED) is 0.224. The van der Waals surface area contributed by atoms with Crippen molar-refractivity contribution in [3.63, 3.8) is 0 Å². The highest BCUT2D eigenvalue weighted by Crippen LogP contribution is 2.31. The normalized spacial score (nSPS) is 15.7. The Morgan fingerprint density at radius 1 is 1.11 bits per heavy atom.